The summed E-state index contributed by atoms with van der Waals surface area (Å²) >= 11 is 0. The van der Waals surface area contributed by atoms with Crippen LogP contribution in [-0.4, -0.2) is 76.3 Å². The highest BCUT2D eigenvalue weighted by Gasteiger charge is 2.47. The van der Waals surface area contributed by atoms with Gasteiger partial charge in [0.15, 0.2) is 0 Å². The number of rotatable bonds is 9. The molecule has 2 saturated heterocycles. The summed E-state index contributed by atoms with van der Waals surface area (Å²) in [6.07, 6.45) is -0.830. The molecule has 2 heterocycles. The minimum absolute atomic E-state index is 0.0460. The van der Waals surface area contributed by atoms with E-state index in [1.807, 2.05) is 0 Å². The first-order valence-corrected chi connectivity index (χ1v) is 16.7. The first-order valence-electron chi connectivity index (χ1n) is 15.2. The molecule has 0 bridgehead atoms. The third kappa shape index (κ3) is 7.30. The van der Waals surface area contributed by atoms with E-state index in [-0.39, 0.29) is 60.7 Å². The molecule has 47 heavy (non-hydrogen) atoms. The van der Waals surface area contributed by atoms with Gasteiger partial charge in [-0.2, -0.15) is 4.31 Å². The number of ether oxygens (including phenoxy) is 2. The van der Waals surface area contributed by atoms with Crippen molar-refractivity contribution in [2.24, 2.45) is 0 Å². The maximum absolute atomic E-state index is 15.6. The highest BCUT2D eigenvalue weighted by Crippen LogP contribution is 2.40. The molecule has 2 aliphatic heterocycles. The predicted molar refractivity (Wildman–Crippen MR) is 168 cm³/mol. The molecule has 2 amide bonds. The van der Waals surface area contributed by atoms with Crippen molar-refractivity contribution >= 4 is 27.7 Å². The molecule has 3 N–H and O–H groups in total. The van der Waals surface area contributed by atoms with Crippen molar-refractivity contribution in [1.29, 1.82) is 0 Å². The fourth-order valence-electron chi connectivity index (χ4n) is 6.58. The Labute approximate surface area is 271 Å². The lowest BCUT2D eigenvalue weighted by Gasteiger charge is -2.43. The number of hydrogen-bond acceptors (Lipinski definition) is 7. The summed E-state index contributed by atoms with van der Waals surface area (Å²) in [7, 11) is -2.86. The summed E-state index contributed by atoms with van der Waals surface area (Å²) in [6.45, 7) is 2.63. The summed E-state index contributed by atoms with van der Waals surface area (Å²) < 4.78 is 83.8. The lowest BCUT2D eigenvalue weighted by atomic mass is 9.68. The molecule has 3 aromatic carbocycles. The summed E-state index contributed by atoms with van der Waals surface area (Å²) in [5.74, 6) is -3.19. The van der Waals surface area contributed by atoms with Crippen LogP contribution in [0.15, 0.2) is 71.6 Å². The van der Waals surface area contributed by atoms with Crippen LogP contribution < -0.4 is 16.0 Å². The molecule has 14 heteroatoms. The first-order chi connectivity index (χ1) is 22.5. The van der Waals surface area contributed by atoms with Crippen molar-refractivity contribution in [2.45, 2.75) is 54.6 Å². The number of carbonyl (C=O) groups is 2. The number of nitrogens with zero attached hydrogens (tertiary/aromatic N) is 1. The Morgan fingerprint density at radius 3 is 2.36 bits per heavy atom. The minimum Gasteiger partial charge on any atom is -0.453 e. The number of piperazine rings is 1. The van der Waals surface area contributed by atoms with Gasteiger partial charge in [0, 0.05) is 61.1 Å². The lowest BCUT2D eigenvalue weighted by Crippen LogP contribution is -2.59. The average Bonchev–Trinajstić information content (AvgIpc) is 3.05. The standard InChI is InChI=1S/C33H37F3N4O6S/c1-21-19-37-20-25(40(21)47(43,44)26-7-4-3-5-8-26)18-27-28(36)9-6-10-29(27)38-31(41)30(39-32(42)45-2)33(11-13-46-14-12-33)22-15-23(34)17-24(35)16-22/h3-10,15-17,21,25,30,37H,11-14,18-20H2,1-2H3,(H,38,41)(H,39,42)/t21-,25?,30-/m1/s1. The van der Waals surface area contributed by atoms with Crippen LogP contribution in [0.4, 0.5) is 23.7 Å². The minimum atomic E-state index is -3.97. The molecule has 0 spiro atoms. The Bertz CT molecular complexity index is 1690. The maximum atomic E-state index is 15.6. The normalized spacial score (nSPS) is 20.6. The van der Waals surface area contributed by atoms with Crippen LogP contribution in [0.2, 0.25) is 0 Å². The second-order valence-electron chi connectivity index (χ2n) is 11.8. The molecule has 252 valence electrons. The molecule has 1 unspecified atom stereocenters. The molecule has 2 aliphatic rings. The van der Waals surface area contributed by atoms with Crippen LogP contribution in [0, 0.1) is 17.5 Å². The number of hydrogen-bond donors (Lipinski definition) is 3. The zero-order valence-electron chi connectivity index (χ0n) is 26.0. The summed E-state index contributed by atoms with van der Waals surface area (Å²) in [5.41, 5.74) is -1.09. The van der Waals surface area contributed by atoms with Crippen molar-refractivity contribution in [2.75, 3.05) is 38.7 Å². The van der Waals surface area contributed by atoms with Gasteiger partial charge < -0.3 is 25.4 Å². The Kier molecular flexibility index (Phi) is 10.5. The number of benzene rings is 3. The van der Waals surface area contributed by atoms with E-state index in [1.165, 1.54) is 34.6 Å². The first kappa shape index (κ1) is 34.4. The van der Waals surface area contributed by atoms with E-state index in [9.17, 15) is 26.8 Å². The van der Waals surface area contributed by atoms with Crippen LogP contribution in [0.5, 0.6) is 0 Å². The molecule has 0 aliphatic carbocycles. The number of carbonyl (C=O) groups excluding carboxylic acids is 2. The molecule has 2 fully saturated rings. The Morgan fingerprint density at radius 1 is 1.02 bits per heavy atom. The highest BCUT2D eigenvalue weighted by atomic mass is 32.2. The van der Waals surface area contributed by atoms with Gasteiger partial charge in [0.05, 0.1) is 12.0 Å². The van der Waals surface area contributed by atoms with Crippen molar-refractivity contribution in [3.05, 3.63) is 95.3 Å². The summed E-state index contributed by atoms with van der Waals surface area (Å²) in [4.78, 5) is 26.9. The van der Waals surface area contributed by atoms with Crippen LogP contribution in [0.25, 0.3) is 0 Å². The molecule has 0 saturated carbocycles. The van der Waals surface area contributed by atoms with E-state index < -0.39 is 63.0 Å². The lowest BCUT2D eigenvalue weighted by molar-refractivity contribution is -0.121. The van der Waals surface area contributed by atoms with Crippen LogP contribution >= 0.6 is 0 Å². The van der Waals surface area contributed by atoms with E-state index in [4.69, 9.17) is 9.47 Å². The van der Waals surface area contributed by atoms with Crippen LogP contribution in [-0.2, 0) is 36.1 Å². The highest BCUT2D eigenvalue weighted by molar-refractivity contribution is 7.89. The van der Waals surface area contributed by atoms with Gasteiger partial charge >= 0.3 is 6.09 Å². The maximum Gasteiger partial charge on any atom is 0.407 e. The molecule has 0 radical (unpaired) electrons. The van der Waals surface area contributed by atoms with Crippen LogP contribution in [0.1, 0.15) is 30.9 Å². The van der Waals surface area contributed by atoms with E-state index in [0.717, 1.165) is 19.2 Å². The molecule has 3 aromatic rings. The third-order valence-corrected chi connectivity index (χ3v) is 10.9. The van der Waals surface area contributed by atoms with Crippen molar-refractivity contribution in [3.8, 4) is 0 Å². The van der Waals surface area contributed by atoms with E-state index in [0.29, 0.717) is 12.6 Å². The molecule has 5 rings (SSSR count). The van der Waals surface area contributed by atoms with E-state index in [1.54, 1.807) is 25.1 Å². The van der Waals surface area contributed by atoms with Gasteiger partial charge in [-0.25, -0.2) is 26.4 Å². The molecular formula is C33H37F3N4O6S. The molecule has 10 nitrogen and oxygen atoms in total. The van der Waals surface area contributed by atoms with Crippen molar-refractivity contribution in [1.82, 2.24) is 14.9 Å². The Morgan fingerprint density at radius 2 is 1.70 bits per heavy atom. The van der Waals surface area contributed by atoms with Gasteiger partial charge in [-0.15, -0.1) is 0 Å². The quantitative estimate of drug-likeness (QED) is 0.312. The van der Waals surface area contributed by atoms with E-state index in [2.05, 4.69) is 16.0 Å². The van der Waals surface area contributed by atoms with Gasteiger partial charge in [0.25, 0.3) is 0 Å². The monoisotopic (exact) mass is 674 g/mol. The fraction of sp³-hybridized carbons (Fsp3) is 0.394. The largest absolute Gasteiger partial charge is 0.453 e. The summed E-state index contributed by atoms with van der Waals surface area (Å²) in [6, 6.07) is 12.4. The number of sulfonamides is 1. The van der Waals surface area contributed by atoms with Gasteiger partial charge in [-0.1, -0.05) is 24.3 Å². The van der Waals surface area contributed by atoms with Crippen molar-refractivity contribution < 1.29 is 40.7 Å². The average molecular weight is 675 g/mol. The molecule has 0 aromatic heterocycles. The van der Waals surface area contributed by atoms with Gasteiger partial charge in [0.1, 0.15) is 23.5 Å². The topological polar surface area (TPSA) is 126 Å². The predicted octanol–water partition coefficient (Wildman–Crippen LogP) is 4.11. The molecule has 3 atom stereocenters. The summed E-state index contributed by atoms with van der Waals surface area (Å²) in [5, 5.41) is 8.47. The Balaban J connectivity index is 1.51. The van der Waals surface area contributed by atoms with Crippen molar-refractivity contribution in [3.63, 3.8) is 0 Å². The molecular weight excluding hydrogens is 637 g/mol. The number of alkyl carbamates (subject to hydrolysis) is 1. The zero-order valence-corrected chi connectivity index (χ0v) is 26.8. The zero-order chi connectivity index (χ0) is 33.8. The number of halogens is 3. The van der Waals surface area contributed by atoms with Gasteiger partial charge in [-0.05, 0) is 68.1 Å². The third-order valence-electron chi connectivity index (χ3n) is 8.83. The van der Waals surface area contributed by atoms with E-state index >= 15 is 4.39 Å². The fourth-order valence-corrected chi connectivity index (χ4v) is 8.42. The number of amides is 2. The SMILES string of the molecule is COC(=O)N[C@H](C(=O)Nc1cccc(F)c1CC1CNC[C@@H](C)N1S(=O)(=O)c1ccccc1)C1(c2cc(F)cc(F)c2)CCOCC1. The van der Waals surface area contributed by atoms with Crippen LogP contribution in [0.3, 0.4) is 0 Å². The number of methoxy groups -OCH3 is 1. The van der Waals surface area contributed by atoms with Gasteiger partial charge in [0.2, 0.25) is 15.9 Å². The smallest absolute Gasteiger partial charge is 0.407 e. The number of nitrogens with one attached hydrogen (secondary N) is 3. The second kappa shape index (κ2) is 14.4. The Hall–Kier alpha value is -3.98. The van der Waals surface area contributed by atoms with Gasteiger partial charge in [-0.3, -0.25) is 4.79 Å². The second-order valence-corrected chi connectivity index (χ2v) is 13.6. The number of anilines is 1.